The monoisotopic (exact) mass is 281 g/mol. The predicted molar refractivity (Wildman–Crippen MR) is 73.9 cm³/mol. The van der Waals surface area contributed by atoms with Crippen molar-refractivity contribution in [1.29, 1.82) is 0 Å². The number of methoxy groups -OCH3 is 1. The second kappa shape index (κ2) is 5.44. The number of hydrogen-bond acceptors (Lipinski definition) is 5. The van der Waals surface area contributed by atoms with Crippen LogP contribution in [0.5, 0.6) is 6.01 Å². The fourth-order valence-electron chi connectivity index (χ4n) is 1.88. The summed E-state index contributed by atoms with van der Waals surface area (Å²) < 4.78 is 6.68. The van der Waals surface area contributed by atoms with Crippen molar-refractivity contribution in [3.05, 3.63) is 22.6 Å². The van der Waals surface area contributed by atoms with E-state index in [0.717, 1.165) is 24.2 Å². The largest absolute Gasteiger partial charge is 0.467 e. The molecule has 19 heavy (non-hydrogen) atoms. The van der Waals surface area contributed by atoms with Crippen molar-refractivity contribution >= 4 is 17.3 Å². The van der Waals surface area contributed by atoms with Crippen molar-refractivity contribution < 1.29 is 4.74 Å². The highest BCUT2D eigenvalue weighted by Gasteiger charge is 2.17. The summed E-state index contributed by atoms with van der Waals surface area (Å²) in [5, 5.41) is 4.87. The Hall–Kier alpha value is -1.82. The lowest BCUT2D eigenvalue weighted by Gasteiger charge is -2.08. The van der Waals surface area contributed by atoms with Crippen molar-refractivity contribution in [2.24, 2.45) is 0 Å². The summed E-state index contributed by atoms with van der Waals surface area (Å²) in [5.74, 6) is 0.483. The lowest BCUT2D eigenvalue weighted by molar-refractivity contribution is 0.378. The number of aromatic nitrogens is 4. The third-order valence-electron chi connectivity index (χ3n) is 2.85. The van der Waals surface area contributed by atoms with Gasteiger partial charge in [-0.1, -0.05) is 25.4 Å². The van der Waals surface area contributed by atoms with Gasteiger partial charge in [-0.15, -0.1) is 0 Å². The van der Waals surface area contributed by atoms with Crippen molar-refractivity contribution in [1.82, 2.24) is 19.7 Å². The standard InChI is InChI=1S/C12H16ClN5O/c1-4-8-10(14)9(5-2)18(17-8)11-7(13)6-15-12(16-11)19-3/h6H,4-5,14H2,1-3H3. The predicted octanol–water partition coefficient (Wildman–Crippen LogP) is 2.03. The molecule has 0 spiro atoms. The molecule has 0 saturated heterocycles. The summed E-state index contributed by atoms with van der Waals surface area (Å²) in [7, 11) is 1.50. The second-order valence-corrected chi connectivity index (χ2v) is 4.36. The molecule has 0 aromatic carbocycles. The number of nitrogen functional groups attached to an aromatic ring is 1. The Kier molecular flexibility index (Phi) is 3.90. The van der Waals surface area contributed by atoms with Gasteiger partial charge in [0.05, 0.1) is 30.4 Å². The maximum atomic E-state index is 6.14. The number of nitrogens with zero attached hydrogens (tertiary/aromatic N) is 4. The zero-order valence-corrected chi connectivity index (χ0v) is 11.9. The van der Waals surface area contributed by atoms with Gasteiger partial charge in [-0.2, -0.15) is 10.1 Å². The van der Waals surface area contributed by atoms with Gasteiger partial charge in [-0.3, -0.25) is 0 Å². The van der Waals surface area contributed by atoms with E-state index in [-0.39, 0.29) is 6.01 Å². The van der Waals surface area contributed by atoms with Crippen molar-refractivity contribution in [2.75, 3.05) is 12.8 Å². The molecule has 102 valence electrons. The quantitative estimate of drug-likeness (QED) is 0.928. The SMILES string of the molecule is CCc1nn(-c2nc(OC)ncc2Cl)c(CC)c1N. The summed E-state index contributed by atoms with van der Waals surface area (Å²) in [4.78, 5) is 8.19. The molecule has 0 bridgehead atoms. The summed E-state index contributed by atoms with van der Waals surface area (Å²) in [6, 6.07) is 0.244. The highest BCUT2D eigenvalue weighted by atomic mass is 35.5. The fourth-order valence-corrected chi connectivity index (χ4v) is 2.05. The molecule has 0 aliphatic heterocycles. The van der Waals surface area contributed by atoms with Crippen LogP contribution < -0.4 is 10.5 Å². The molecule has 0 fully saturated rings. The van der Waals surface area contributed by atoms with Crippen LogP contribution in [0.3, 0.4) is 0 Å². The first-order valence-corrected chi connectivity index (χ1v) is 6.43. The third-order valence-corrected chi connectivity index (χ3v) is 3.12. The Balaban J connectivity index is 2.64. The summed E-state index contributed by atoms with van der Waals surface area (Å²) in [6.07, 6.45) is 2.98. The maximum Gasteiger partial charge on any atom is 0.318 e. The lowest BCUT2D eigenvalue weighted by atomic mass is 10.2. The molecule has 0 radical (unpaired) electrons. The van der Waals surface area contributed by atoms with Gasteiger partial charge in [-0.25, -0.2) is 9.67 Å². The zero-order valence-electron chi connectivity index (χ0n) is 11.1. The van der Waals surface area contributed by atoms with Crippen LogP contribution in [0.4, 0.5) is 5.69 Å². The van der Waals surface area contributed by atoms with Crippen LogP contribution in [0.2, 0.25) is 5.02 Å². The van der Waals surface area contributed by atoms with Gasteiger partial charge in [-0.05, 0) is 12.8 Å². The second-order valence-electron chi connectivity index (χ2n) is 3.95. The Morgan fingerprint density at radius 3 is 2.68 bits per heavy atom. The Morgan fingerprint density at radius 1 is 1.37 bits per heavy atom. The molecule has 0 aliphatic rings. The van der Waals surface area contributed by atoms with Crippen molar-refractivity contribution in [3.63, 3.8) is 0 Å². The number of nitrogens with two attached hydrogens (primary N) is 1. The molecule has 6 nitrogen and oxygen atoms in total. The van der Waals surface area contributed by atoms with Gasteiger partial charge in [0.2, 0.25) is 0 Å². The molecule has 2 rings (SSSR count). The zero-order chi connectivity index (χ0) is 14.0. The molecular formula is C12H16ClN5O. The molecule has 0 atom stereocenters. The maximum absolute atomic E-state index is 6.14. The van der Waals surface area contributed by atoms with E-state index in [1.165, 1.54) is 13.3 Å². The van der Waals surface area contributed by atoms with E-state index in [1.54, 1.807) is 4.68 Å². The first-order chi connectivity index (χ1) is 9.12. The van der Waals surface area contributed by atoms with Crippen LogP contribution >= 0.6 is 11.6 Å². The van der Waals surface area contributed by atoms with Crippen LogP contribution in [-0.2, 0) is 12.8 Å². The molecule has 0 saturated carbocycles. The number of aryl methyl sites for hydroxylation is 1. The molecule has 2 N–H and O–H groups in total. The van der Waals surface area contributed by atoms with Crippen LogP contribution in [0.1, 0.15) is 25.2 Å². The van der Waals surface area contributed by atoms with Gasteiger partial charge >= 0.3 is 6.01 Å². The minimum atomic E-state index is 0.244. The Morgan fingerprint density at radius 2 is 2.11 bits per heavy atom. The van der Waals surface area contributed by atoms with Crippen LogP contribution in [0.15, 0.2) is 6.20 Å². The number of rotatable bonds is 4. The van der Waals surface area contributed by atoms with Crippen LogP contribution in [-0.4, -0.2) is 26.9 Å². The van der Waals surface area contributed by atoms with Crippen molar-refractivity contribution in [3.8, 4) is 11.8 Å². The summed E-state index contributed by atoms with van der Waals surface area (Å²) in [5.41, 5.74) is 8.50. The number of anilines is 1. The highest BCUT2D eigenvalue weighted by molar-refractivity contribution is 6.32. The smallest absolute Gasteiger partial charge is 0.318 e. The van der Waals surface area contributed by atoms with Gasteiger partial charge in [0, 0.05) is 0 Å². The number of hydrogen-bond donors (Lipinski definition) is 1. The summed E-state index contributed by atoms with van der Waals surface area (Å²) in [6.45, 7) is 4.01. The van der Waals surface area contributed by atoms with Crippen LogP contribution in [0, 0.1) is 0 Å². The fraction of sp³-hybridized carbons (Fsp3) is 0.417. The van der Waals surface area contributed by atoms with Gasteiger partial charge in [0.25, 0.3) is 0 Å². The normalized spacial score (nSPS) is 10.7. The highest BCUT2D eigenvalue weighted by Crippen LogP contribution is 2.25. The van der Waals surface area contributed by atoms with E-state index in [1.807, 2.05) is 13.8 Å². The molecule has 2 heterocycles. The number of ether oxygens (including phenoxy) is 1. The van der Waals surface area contributed by atoms with E-state index in [2.05, 4.69) is 15.1 Å². The molecule has 0 aliphatic carbocycles. The Bertz CT molecular complexity index is 596. The third kappa shape index (κ3) is 2.35. The van der Waals surface area contributed by atoms with Gasteiger partial charge in [0.1, 0.15) is 5.02 Å². The van der Waals surface area contributed by atoms with E-state index in [9.17, 15) is 0 Å². The first-order valence-electron chi connectivity index (χ1n) is 6.05. The van der Waals surface area contributed by atoms with Crippen molar-refractivity contribution in [2.45, 2.75) is 26.7 Å². The molecular weight excluding hydrogens is 266 g/mol. The lowest BCUT2D eigenvalue weighted by Crippen LogP contribution is -2.07. The van der Waals surface area contributed by atoms with E-state index in [4.69, 9.17) is 22.1 Å². The molecule has 0 unspecified atom stereocenters. The first kappa shape index (κ1) is 13.6. The minimum Gasteiger partial charge on any atom is -0.467 e. The molecule has 2 aromatic rings. The average Bonchev–Trinajstić information content (AvgIpc) is 2.75. The number of halogens is 1. The summed E-state index contributed by atoms with van der Waals surface area (Å²) >= 11 is 6.14. The minimum absolute atomic E-state index is 0.244. The van der Waals surface area contributed by atoms with E-state index in [0.29, 0.717) is 16.5 Å². The average molecular weight is 282 g/mol. The molecule has 0 amide bonds. The molecule has 7 heteroatoms. The van der Waals surface area contributed by atoms with Crippen LogP contribution in [0.25, 0.3) is 5.82 Å². The van der Waals surface area contributed by atoms with E-state index >= 15 is 0 Å². The van der Waals surface area contributed by atoms with Gasteiger partial charge in [0.15, 0.2) is 5.82 Å². The Labute approximate surface area is 116 Å². The van der Waals surface area contributed by atoms with E-state index < -0.39 is 0 Å². The molecule has 2 aromatic heterocycles. The van der Waals surface area contributed by atoms with Gasteiger partial charge < -0.3 is 10.5 Å². The topological polar surface area (TPSA) is 78.8 Å².